The Morgan fingerprint density at radius 1 is 1.37 bits per heavy atom. The fourth-order valence-electron chi connectivity index (χ4n) is 2.75. The van der Waals surface area contributed by atoms with E-state index < -0.39 is 18.3 Å². The molecule has 0 amide bonds. The fraction of sp³-hybridized carbons (Fsp3) is 0.733. The molecule has 4 atom stereocenters. The van der Waals surface area contributed by atoms with E-state index in [0.29, 0.717) is 5.57 Å². The zero-order chi connectivity index (χ0) is 14.6. The summed E-state index contributed by atoms with van der Waals surface area (Å²) in [5.74, 6) is 0.296. The van der Waals surface area contributed by atoms with Crippen LogP contribution >= 0.6 is 0 Å². The molecule has 19 heavy (non-hydrogen) atoms. The minimum atomic E-state index is -0.839. The first kappa shape index (κ1) is 16.4. The van der Waals surface area contributed by atoms with Crippen molar-refractivity contribution in [1.29, 1.82) is 0 Å². The summed E-state index contributed by atoms with van der Waals surface area (Å²) in [6.45, 7) is 9.90. The van der Waals surface area contributed by atoms with Crippen LogP contribution in [0.1, 0.15) is 40.0 Å². The Morgan fingerprint density at radius 3 is 2.53 bits per heavy atom. The first-order chi connectivity index (χ1) is 8.86. The first-order valence-electron chi connectivity index (χ1n) is 6.88. The van der Waals surface area contributed by atoms with Crippen molar-refractivity contribution in [1.82, 2.24) is 0 Å². The van der Waals surface area contributed by atoms with E-state index in [1.807, 2.05) is 26.8 Å². The quantitative estimate of drug-likeness (QED) is 0.410. The summed E-state index contributed by atoms with van der Waals surface area (Å²) in [4.78, 5) is 4.42. The van der Waals surface area contributed by atoms with Gasteiger partial charge >= 0.3 is 0 Å². The topological polar surface area (TPSA) is 69.9 Å². The van der Waals surface area contributed by atoms with Gasteiger partial charge in [0.1, 0.15) is 6.10 Å². The van der Waals surface area contributed by atoms with Crippen molar-refractivity contribution in [3.05, 3.63) is 23.8 Å². The monoisotopic (exact) mass is 270 g/mol. The summed E-state index contributed by atoms with van der Waals surface area (Å²) in [7, 11) is 0. The highest BCUT2D eigenvalue weighted by molar-refractivity contribution is 5.13. The van der Waals surface area contributed by atoms with Gasteiger partial charge in [0.25, 0.3) is 0 Å². The molecule has 0 saturated carbocycles. The number of aliphatic hydroxyl groups is 2. The highest BCUT2D eigenvalue weighted by Gasteiger charge is 2.33. The van der Waals surface area contributed by atoms with Gasteiger partial charge in [0, 0.05) is 6.42 Å². The van der Waals surface area contributed by atoms with Gasteiger partial charge in [-0.15, -0.1) is 0 Å². The molecule has 0 fully saturated rings. The summed E-state index contributed by atoms with van der Waals surface area (Å²) in [5.41, 5.74) is 1.63. The van der Waals surface area contributed by atoms with E-state index in [-0.39, 0.29) is 18.3 Å². The minimum Gasteiger partial charge on any atom is -0.390 e. The smallest absolute Gasteiger partial charge is 0.140 e. The predicted molar refractivity (Wildman–Crippen MR) is 74.6 cm³/mol. The molecule has 1 rings (SSSR count). The van der Waals surface area contributed by atoms with Gasteiger partial charge in [-0.3, -0.25) is 5.26 Å². The largest absolute Gasteiger partial charge is 0.390 e. The lowest BCUT2D eigenvalue weighted by atomic mass is 9.80. The Balaban J connectivity index is 3.01. The highest BCUT2D eigenvalue weighted by Crippen LogP contribution is 2.30. The Bertz CT molecular complexity index is 335. The summed E-state index contributed by atoms with van der Waals surface area (Å²) >= 11 is 0. The van der Waals surface area contributed by atoms with E-state index in [4.69, 9.17) is 5.26 Å². The van der Waals surface area contributed by atoms with Crippen LogP contribution in [-0.4, -0.2) is 33.8 Å². The van der Waals surface area contributed by atoms with Gasteiger partial charge in [0.05, 0.1) is 12.2 Å². The third-order valence-corrected chi connectivity index (χ3v) is 3.94. The van der Waals surface area contributed by atoms with Crippen LogP contribution in [0.2, 0.25) is 0 Å². The molecular formula is C15H26O4. The third-order valence-electron chi connectivity index (χ3n) is 3.94. The van der Waals surface area contributed by atoms with Crippen LogP contribution < -0.4 is 0 Å². The SMILES string of the molecule is C=C1CC(O)C=C(C)CCC(C(C)C)C(O)C1OO. The van der Waals surface area contributed by atoms with E-state index in [1.165, 1.54) is 0 Å². The maximum atomic E-state index is 10.4. The molecule has 110 valence electrons. The average molecular weight is 270 g/mol. The third kappa shape index (κ3) is 4.42. The van der Waals surface area contributed by atoms with Crippen molar-refractivity contribution in [2.24, 2.45) is 11.8 Å². The number of allylic oxidation sites excluding steroid dienone is 1. The van der Waals surface area contributed by atoms with Crippen LogP contribution in [0.5, 0.6) is 0 Å². The van der Waals surface area contributed by atoms with Gasteiger partial charge in [-0.25, -0.2) is 4.89 Å². The molecule has 1 aliphatic rings. The van der Waals surface area contributed by atoms with E-state index in [0.717, 1.165) is 18.4 Å². The molecule has 0 aromatic heterocycles. The maximum Gasteiger partial charge on any atom is 0.140 e. The van der Waals surface area contributed by atoms with Crippen molar-refractivity contribution in [2.75, 3.05) is 0 Å². The fourth-order valence-corrected chi connectivity index (χ4v) is 2.75. The molecule has 0 spiro atoms. The van der Waals surface area contributed by atoms with Crippen LogP contribution in [0.15, 0.2) is 23.8 Å². The van der Waals surface area contributed by atoms with Crippen molar-refractivity contribution in [2.45, 2.75) is 58.3 Å². The van der Waals surface area contributed by atoms with Gasteiger partial charge in [-0.05, 0) is 37.2 Å². The van der Waals surface area contributed by atoms with E-state index in [1.54, 1.807) is 0 Å². The molecule has 0 aromatic rings. The van der Waals surface area contributed by atoms with Crippen molar-refractivity contribution >= 4 is 0 Å². The lowest BCUT2D eigenvalue weighted by Crippen LogP contribution is -2.39. The zero-order valence-corrected chi connectivity index (χ0v) is 12.0. The number of rotatable bonds is 2. The molecule has 4 nitrogen and oxygen atoms in total. The van der Waals surface area contributed by atoms with Crippen LogP contribution in [-0.2, 0) is 4.89 Å². The second-order valence-electron chi connectivity index (χ2n) is 5.91. The van der Waals surface area contributed by atoms with Crippen molar-refractivity contribution < 1.29 is 20.4 Å². The van der Waals surface area contributed by atoms with Gasteiger partial charge in [0.2, 0.25) is 0 Å². The van der Waals surface area contributed by atoms with E-state index in [9.17, 15) is 10.2 Å². The summed E-state index contributed by atoms with van der Waals surface area (Å²) in [6, 6.07) is 0. The van der Waals surface area contributed by atoms with Crippen LogP contribution in [0.4, 0.5) is 0 Å². The predicted octanol–water partition coefficient (Wildman–Crippen LogP) is 2.53. The highest BCUT2D eigenvalue weighted by atomic mass is 17.1. The second-order valence-corrected chi connectivity index (χ2v) is 5.91. The maximum absolute atomic E-state index is 10.4. The normalized spacial score (nSPS) is 34.3. The van der Waals surface area contributed by atoms with Crippen molar-refractivity contribution in [3.63, 3.8) is 0 Å². The number of hydrogen-bond acceptors (Lipinski definition) is 4. The van der Waals surface area contributed by atoms with Gasteiger partial charge in [-0.2, -0.15) is 0 Å². The molecule has 0 bridgehead atoms. The summed E-state index contributed by atoms with van der Waals surface area (Å²) < 4.78 is 0. The molecule has 4 unspecified atom stereocenters. The van der Waals surface area contributed by atoms with Gasteiger partial charge in [0.15, 0.2) is 0 Å². The van der Waals surface area contributed by atoms with Crippen LogP contribution in [0.3, 0.4) is 0 Å². The van der Waals surface area contributed by atoms with Gasteiger partial charge in [-0.1, -0.05) is 32.1 Å². The summed E-state index contributed by atoms with van der Waals surface area (Å²) in [6.07, 6.45) is 1.42. The Morgan fingerprint density at radius 2 is 2.00 bits per heavy atom. The molecule has 0 saturated heterocycles. The van der Waals surface area contributed by atoms with Crippen molar-refractivity contribution in [3.8, 4) is 0 Å². The average Bonchev–Trinajstić information content (AvgIpc) is 2.28. The lowest BCUT2D eigenvalue weighted by Gasteiger charge is -2.33. The Hall–Kier alpha value is -0.680. The first-order valence-corrected chi connectivity index (χ1v) is 6.88. The lowest BCUT2D eigenvalue weighted by molar-refractivity contribution is -0.292. The summed E-state index contributed by atoms with van der Waals surface area (Å²) in [5, 5.41) is 29.3. The Labute approximate surface area is 115 Å². The molecule has 4 heteroatoms. The zero-order valence-electron chi connectivity index (χ0n) is 12.0. The molecule has 0 aliphatic heterocycles. The van der Waals surface area contributed by atoms with Gasteiger partial charge < -0.3 is 10.2 Å². The molecule has 3 N–H and O–H groups in total. The second kappa shape index (κ2) is 7.20. The minimum absolute atomic E-state index is 0.0208. The molecule has 1 aliphatic carbocycles. The van der Waals surface area contributed by atoms with E-state index >= 15 is 0 Å². The Kier molecular flexibility index (Phi) is 6.20. The van der Waals surface area contributed by atoms with Crippen LogP contribution in [0.25, 0.3) is 0 Å². The molecule has 0 aromatic carbocycles. The molecule has 0 radical (unpaired) electrons. The number of aliphatic hydroxyl groups excluding tert-OH is 2. The van der Waals surface area contributed by atoms with Crippen LogP contribution in [0, 0.1) is 11.8 Å². The standard InChI is InChI=1S/C15H26O4/c1-9(2)13-6-5-10(3)7-12(16)8-11(4)15(19-18)14(13)17/h7,9,12-18H,4-6,8H2,1-3H3. The number of hydrogen-bond donors (Lipinski definition) is 3. The van der Waals surface area contributed by atoms with E-state index in [2.05, 4.69) is 11.5 Å². The molecular weight excluding hydrogens is 244 g/mol. The molecule has 0 heterocycles.